The molecule has 6 nitrogen and oxygen atoms in total. The summed E-state index contributed by atoms with van der Waals surface area (Å²) in [6.45, 7) is 0. The van der Waals surface area contributed by atoms with Crippen LogP contribution in [0, 0.1) is 0 Å². The number of ether oxygens (including phenoxy) is 2. The summed E-state index contributed by atoms with van der Waals surface area (Å²) >= 11 is 0. The van der Waals surface area contributed by atoms with Gasteiger partial charge >= 0.3 is 0 Å². The normalized spacial score (nSPS) is 16.6. The first kappa shape index (κ1) is 35.1. The van der Waals surface area contributed by atoms with Crippen LogP contribution in [0.4, 0.5) is 68.2 Å². The molecular weight excluding hydrogens is 841 g/mol. The molecule has 10 aromatic rings. The summed E-state index contributed by atoms with van der Waals surface area (Å²) in [6, 6.07) is 75.6. The van der Waals surface area contributed by atoms with Crippen LogP contribution in [0.2, 0.25) is 0 Å². The summed E-state index contributed by atoms with van der Waals surface area (Å²) in [5.74, 6) is 3.79. The van der Waals surface area contributed by atoms with E-state index < -0.39 is 17.6 Å². The number of anilines is 12. The van der Waals surface area contributed by atoms with E-state index in [1.54, 1.807) is 0 Å². The van der Waals surface area contributed by atoms with Gasteiger partial charge in [-0.05, 0) is 120 Å². The average Bonchev–Trinajstić information content (AvgIpc) is 3.38. The minimum Gasteiger partial charge on any atom is -0.457 e. The van der Waals surface area contributed by atoms with Crippen LogP contribution < -0.4 is 60.2 Å². The van der Waals surface area contributed by atoms with Gasteiger partial charge in [-0.1, -0.05) is 97.1 Å². The molecular formula is C58H36N4O2Si2. The Morgan fingerprint density at radius 3 is 1.17 bits per heavy atom. The Hall–Kier alpha value is -8.31. The summed E-state index contributed by atoms with van der Waals surface area (Å²) in [5, 5.41) is 10.4. The van der Waals surface area contributed by atoms with E-state index in [-0.39, 0.29) is 0 Å². The van der Waals surface area contributed by atoms with E-state index in [0.29, 0.717) is 0 Å². The van der Waals surface area contributed by atoms with Crippen molar-refractivity contribution in [2.24, 2.45) is 0 Å². The highest BCUT2D eigenvalue weighted by molar-refractivity contribution is 7.03. The van der Waals surface area contributed by atoms with Gasteiger partial charge in [-0.2, -0.15) is 0 Å². The van der Waals surface area contributed by atoms with Gasteiger partial charge in [0.2, 0.25) is 0 Å². The highest BCUT2D eigenvalue weighted by atomic mass is 28.3. The van der Waals surface area contributed by atoms with Gasteiger partial charge in [0.25, 0.3) is 0 Å². The van der Waals surface area contributed by atoms with Crippen LogP contribution in [0.15, 0.2) is 206 Å². The van der Waals surface area contributed by atoms with Crippen LogP contribution in [-0.4, -0.2) is 17.6 Å². The van der Waals surface area contributed by atoms with Gasteiger partial charge in [0.15, 0.2) is 17.6 Å². The Balaban J connectivity index is 1.04. The molecule has 6 aliphatic heterocycles. The van der Waals surface area contributed by atoms with Crippen LogP contribution in [0.5, 0.6) is 23.0 Å². The fourth-order valence-corrected chi connectivity index (χ4v) is 20.1. The molecule has 0 saturated carbocycles. The Bertz CT molecular complexity index is 3680. The van der Waals surface area contributed by atoms with Gasteiger partial charge in [0, 0.05) is 88.4 Å². The van der Waals surface area contributed by atoms with Crippen molar-refractivity contribution in [1.29, 1.82) is 0 Å². The molecule has 66 heavy (non-hydrogen) atoms. The van der Waals surface area contributed by atoms with Crippen molar-refractivity contribution in [2.45, 2.75) is 0 Å². The molecule has 0 fully saturated rings. The molecule has 0 amide bonds. The monoisotopic (exact) mass is 876 g/mol. The minimum absolute atomic E-state index is 0.935. The molecule has 16 rings (SSSR count). The van der Waals surface area contributed by atoms with E-state index in [9.17, 15) is 0 Å². The summed E-state index contributed by atoms with van der Waals surface area (Å²) < 4.78 is 14.9. The van der Waals surface area contributed by atoms with Gasteiger partial charge in [0.05, 0.1) is 11.4 Å². The molecule has 6 heterocycles. The number of fused-ring (bicyclic) bond motifs is 3. The van der Waals surface area contributed by atoms with Gasteiger partial charge in [-0.3, -0.25) is 0 Å². The maximum absolute atomic E-state index is 7.55. The number of nitrogens with zero attached hydrogens (tertiary/aromatic N) is 4. The van der Waals surface area contributed by atoms with Crippen LogP contribution in [-0.2, 0) is 0 Å². The van der Waals surface area contributed by atoms with Gasteiger partial charge < -0.3 is 29.1 Å². The van der Waals surface area contributed by atoms with Crippen molar-refractivity contribution in [3.63, 3.8) is 0 Å². The van der Waals surface area contributed by atoms with Gasteiger partial charge in [-0.15, -0.1) is 0 Å². The highest BCUT2D eigenvalue weighted by Crippen LogP contribution is 2.55. The molecule has 0 saturated heterocycles. The lowest BCUT2D eigenvalue weighted by molar-refractivity contribution is 0.484. The molecule has 308 valence electrons. The van der Waals surface area contributed by atoms with Gasteiger partial charge in [0.1, 0.15) is 23.0 Å². The first-order chi connectivity index (χ1) is 32.8. The Morgan fingerprint density at radius 2 is 0.667 bits per heavy atom. The Kier molecular flexibility index (Phi) is 6.75. The predicted molar refractivity (Wildman–Crippen MR) is 275 cm³/mol. The van der Waals surface area contributed by atoms with Crippen molar-refractivity contribution in [2.75, 3.05) is 19.6 Å². The van der Waals surface area contributed by atoms with Gasteiger partial charge in [-0.25, -0.2) is 0 Å². The van der Waals surface area contributed by atoms with Crippen molar-refractivity contribution in [3.8, 4) is 23.0 Å². The largest absolute Gasteiger partial charge is 0.457 e. The zero-order chi connectivity index (χ0) is 42.8. The molecule has 0 aromatic heterocycles. The molecule has 10 aromatic carbocycles. The summed E-state index contributed by atoms with van der Waals surface area (Å²) in [5.41, 5.74) is 14.3. The molecule has 0 bridgehead atoms. The summed E-state index contributed by atoms with van der Waals surface area (Å²) in [7, 11) is -4.37. The second kappa shape index (κ2) is 12.7. The lowest BCUT2D eigenvalue weighted by Gasteiger charge is -2.48. The quantitative estimate of drug-likeness (QED) is 0.164. The molecule has 0 N–H and O–H groups in total. The molecule has 8 heteroatoms. The molecule has 0 aliphatic carbocycles. The van der Waals surface area contributed by atoms with Crippen molar-refractivity contribution >= 4 is 128 Å². The lowest BCUT2D eigenvalue weighted by Crippen LogP contribution is -2.64. The van der Waals surface area contributed by atoms with E-state index in [1.807, 2.05) is 0 Å². The maximum atomic E-state index is 7.55. The topological polar surface area (TPSA) is 31.4 Å². The minimum atomic E-state index is -2.19. The fraction of sp³-hybridized carbons (Fsp3) is 0. The molecule has 0 radical (unpaired) electrons. The number of para-hydroxylation sites is 4. The van der Waals surface area contributed by atoms with Crippen molar-refractivity contribution < 1.29 is 9.47 Å². The molecule has 2 unspecified atom stereocenters. The Labute approximate surface area is 384 Å². The first-order valence-electron chi connectivity index (χ1n) is 22.8. The molecule has 0 spiro atoms. The standard InChI is InChI=1S/C58H36N4O2Si2/c1-5-17-35(18-6-1)59-41-25-13-27-43-53(41)65-56-46(59)30-16-32-49(56)64-52-40-34-50-58-51(39(40)33-47(57(52)65)61(43)37-21-9-3-10-22-37)62(38-23-11-4-12-24-38)44-28-14-26-42-54(44)66(58)55-45(29-15-31-48(55)63-50)60(42)36-19-7-2-8-20-36/h1-34,65-66H. The third kappa shape index (κ3) is 4.35. The third-order valence-corrected chi connectivity index (χ3v) is 21.6. The van der Waals surface area contributed by atoms with E-state index in [0.717, 1.165) is 51.1 Å². The number of hydrogen-bond acceptors (Lipinski definition) is 6. The smallest absolute Gasteiger partial charge is 0.153 e. The number of rotatable bonds is 4. The summed E-state index contributed by atoms with van der Waals surface area (Å²) in [6.07, 6.45) is 0. The fourth-order valence-electron chi connectivity index (χ4n) is 12.3. The number of benzene rings is 10. The van der Waals surface area contributed by atoms with Crippen LogP contribution in [0.25, 0.3) is 10.8 Å². The van der Waals surface area contributed by atoms with Crippen molar-refractivity contribution in [1.82, 2.24) is 0 Å². The van der Waals surface area contributed by atoms with Crippen LogP contribution >= 0.6 is 0 Å². The second-order valence-electron chi connectivity index (χ2n) is 17.9. The van der Waals surface area contributed by atoms with Crippen LogP contribution in [0.1, 0.15) is 0 Å². The third-order valence-electron chi connectivity index (χ3n) is 14.7. The van der Waals surface area contributed by atoms with E-state index in [2.05, 4.69) is 226 Å². The molecule has 6 aliphatic rings. The SMILES string of the molecule is c1ccc(N2c3cccc4c3[SiH]3c5c2cccc5N(c2ccccc2)c2cc5c6c7c(cc5c(c23)O4)Oc2cccc3c2[SiH]7c2c(cccc2N6c2ccccc2)N3c2ccccc2)cc1. The summed E-state index contributed by atoms with van der Waals surface area (Å²) in [4.78, 5) is 9.99. The van der Waals surface area contributed by atoms with E-state index in [1.165, 1.54) is 82.0 Å². The van der Waals surface area contributed by atoms with Crippen molar-refractivity contribution in [3.05, 3.63) is 206 Å². The van der Waals surface area contributed by atoms with E-state index in [4.69, 9.17) is 9.47 Å². The zero-order valence-electron chi connectivity index (χ0n) is 35.4. The first-order valence-corrected chi connectivity index (χ1v) is 26.2. The zero-order valence-corrected chi connectivity index (χ0v) is 37.7. The highest BCUT2D eigenvalue weighted by Gasteiger charge is 2.51. The molecule has 2 atom stereocenters. The maximum Gasteiger partial charge on any atom is 0.153 e. The predicted octanol–water partition coefficient (Wildman–Crippen LogP) is 10.7. The number of hydrogen-bond donors (Lipinski definition) is 0. The van der Waals surface area contributed by atoms with Crippen LogP contribution in [0.3, 0.4) is 0 Å². The van der Waals surface area contributed by atoms with E-state index >= 15 is 0 Å². The average molecular weight is 877 g/mol. The lowest BCUT2D eigenvalue weighted by atomic mass is 10.0. The second-order valence-corrected chi connectivity index (χ2v) is 23.1. The Morgan fingerprint density at radius 1 is 0.273 bits per heavy atom.